The normalized spacial score (nSPS) is 10.6. The van der Waals surface area contributed by atoms with E-state index in [1.54, 1.807) is 19.6 Å². The van der Waals surface area contributed by atoms with E-state index in [0.29, 0.717) is 18.4 Å². The molecule has 0 saturated heterocycles. The minimum absolute atomic E-state index is 0.398. The fraction of sp³-hybridized carbons (Fsp3) is 0.267. The monoisotopic (exact) mass is 299 g/mol. The van der Waals surface area contributed by atoms with E-state index in [0.717, 1.165) is 24.3 Å². The van der Waals surface area contributed by atoms with Crippen molar-refractivity contribution in [2.24, 2.45) is 0 Å². The molecule has 0 amide bonds. The number of imidazole rings is 1. The largest absolute Gasteiger partial charge is 0.494 e. The molecule has 1 aromatic carbocycles. The first-order valence-corrected chi connectivity index (χ1v) is 7.05. The van der Waals surface area contributed by atoms with E-state index in [2.05, 4.69) is 20.4 Å². The van der Waals surface area contributed by atoms with Gasteiger partial charge in [0.05, 0.1) is 12.9 Å². The number of hydrogen-bond donors (Lipinski definition) is 1. The molecule has 2 aromatic heterocycles. The molecule has 114 valence electrons. The lowest BCUT2D eigenvalue weighted by molar-refractivity contribution is 0.302. The average molecular weight is 299 g/mol. The van der Waals surface area contributed by atoms with E-state index < -0.39 is 0 Å². The Morgan fingerprint density at radius 3 is 2.82 bits per heavy atom. The van der Waals surface area contributed by atoms with Gasteiger partial charge < -0.3 is 19.1 Å². The first-order valence-electron chi connectivity index (χ1n) is 7.05. The summed E-state index contributed by atoms with van der Waals surface area (Å²) in [5, 5.41) is 6.70. The number of aryl methyl sites for hydroxylation is 1. The number of hydrogen-bond acceptors (Lipinski definition) is 6. The third-order valence-electron chi connectivity index (χ3n) is 3.14. The maximum atomic E-state index is 5.71. The molecule has 7 nitrogen and oxygen atoms in total. The summed E-state index contributed by atoms with van der Waals surface area (Å²) in [6.45, 7) is 1.55. The van der Waals surface area contributed by atoms with Crippen molar-refractivity contribution >= 4 is 6.01 Å². The first-order chi connectivity index (χ1) is 10.8. The molecule has 0 fully saturated rings. The third-order valence-corrected chi connectivity index (χ3v) is 3.14. The lowest BCUT2D eigenvalue weighted by atomic mass is 10.2. The molecule has 0 aliphatic rings. The Bertz CT molecular complexity index is 691. The van der Waals surface area contributed by atoms with Crippen molar-refractivity contribution in [1.82, 2.24) is 19.7 Å². The number of anilines is 1. The van der Waals surface area contributed by atoms with E-state index >= 15 is 0 Å². The smallest absolute Gasteiger partial charge is 0.321 e. The van der Waals surface area contributed by atoms with Gasteiger partial charge in [0.15, 0.2) is 0 Å². The van der Waals surface area contributed by atoms with Crippen LogP contribution in [0.1, 0.15) is 6.42 Å². The molecule has 0 aliphatic carbocycles. The Morgan fingerprint density at radius 1 is 1.27 bits per heavy atom. The summed E-state index contributed by atoms with van der Waals surface area (Å²) in [5.41, 5.74) is 0.885. The average Bonchev–Trinajstić information content (AvgIpc) is 3.23. The number of nitrogens with one attached hydrogen (secondary N) is 1. The summed E-state index contributed by atoms with van der Waals surface area (Å²) >= 11 is 0. The lowest BCUT2D eigenvalue weighted by Gasteiger charge is -2.06. The van der Waals surface area contributed by atoms with Crippen molar-refractivity contribution in [1.29, 1.82) is 0 Å². The van der Waals surface area contributed by atoms with Crippen LogP contribution in [0.15, 0.2) is 47.5 Å². The van der Waals surface area contributed by atoms with Crippen LogP contribution in [-0.4, -0.2) is 33.3 Å². The molecular formula is C15H17N5O2. The Hall–Kier alpha value is -2.83. The topological polar surface area (TPSA) is 78.0 Å². The molecule has 0 unspecified atom stereocenters. The van der Waals surface area contributed by atoms with E-state index in [1.807, 2.05) is 35.0 Å². The molecule has 1 N–H and O–H groups in total. The second kappa shape index (κ2) is 6.75. The van der Waals surface area contributed by atoms with E-state index in [-0.39, 0.29) is 0 Å². The maximum Gasteiger partial charge on any atom is 0.321 e. The number of rotatable bonds is 7. The Balaban J connectivity index is 1.50. The highest BCUT2D eigenvalue weighted by Gasteiger charge is 2.07. The fourth-order valence-electron chi connectivity index (χ4n) is 2.00. The zero-order valence-corrected chi connectivity index (χ0v) is 12.3. The maximum absolute atomic E-state index is 5.71. The van der Waals surface area contributed by atoms with Crippen LogP contribution >= 0.6 is 0 Å². The molecule has 7 heteroatoms. The highest BCUT2D eigenvalue weighted by atomic mass is 16.5. The van der Waals surface area contributed by atoms with Crippen molar-refractivity contribution < 1.29 is 9.26 Å². The molecule has 0 spiro atoms. The van der Waals surface area contributed by atoms with Crippen molar-refractivity contribution in [2.75, 3.05) is 19.0 Å². The number of benzene rings is 1. The molecule has 2 heterocycles. The van der Waals surface area contributed by atoms with Crippen molar-refractivity contribution in [2.45, 2.75) is 13.0 Å². The molecule has 0 atom stereocenters. The predicted molar refractivity (Wildman–Crippen MR) is 81.6 cm³/mol. The van der Waals surface area contributed by atoms with Gasteiger partial charge in [0, 0.05) is 31.5 Å². The SMILES string of the molecule is CNc1nc(-c2ccc(OCCCn3ccnc3)cc2)no1. The van der Waals surface area contributed by atoms with Crippen LogP contribution in [-0.2, 0) is 6.54 Å². The minimum atomic E-state index is 0.398. The molecule has 0 saturated carbocycles. The van der Waals surface area contributed by atoms with Crippen molar-refractivity contribution in [3.05, 3.63) is 43.0 Å². The number of aromatic nitrogens is 4. The van der Waals surface area contributed by atoms with Crippen LogP contribution in [0.3, 0.4) is 0 Å². The summed E-state index contributed by atoms with van der Waals surface area (Å²) in [5.74, 6) is 1.38. The van der Waals surface area contributed by atoms with E-state index in [4.69, 9.17) is 9.26 Å². The minimum Gasteiger partial charge on any atom is -0.494 e. The molecule has 22 heavy (non-hydrogen) atoms. The first kappa shape index (κ1) is 14.1. The highest BCUT2D eigenvalue weighted by Crippen LogP contribution is 2.21. The molecule has 3 aromatic rings. The van der Waals surface area contributed by atoms with Crippen LogP contribution in [0.4, 0.5) is 6.01 Å². The van der Waals surface area contributed by atoms with Gasteiger partial charge in [0.2, 0.25) is 5.82 Å². The van der Waals surface area contributed by atoms with E-state index in [1.165, 1.54) is 0 Å². The summed E-state index contributed by atoms with van der Waals surface area (Å²) in [6.07, 6.45) is 6.45. The van der Waals surface area contributed by atoms with Crippen LogP contribution in [0, 0.1) is 0 Å². The van der Waals surface area contributed by atoms with E-state index in [9.17, 15) is 0 Å². The zero-order valence-electron chi connectivity index (χ0n) is 12.3. The predicted octanol–water partition coefficient (Wildman–Crippen LogP) is 2.44. The standard InChI is InChI=1S/C15H17N5O2/c1-16-15-18-14(19-22-15)12-3-5-13(6-4-12)21-10-2-8-20-9-7-17-11-20/h3-7,9,11H,2,8,10H2,1H3,(H,16,18,19). The number of nitrogens with zero attached hydrogens (tertiary/aromatic N) is 4. The number of ether oxygens (including phenoxy) is 1. The zero-order chi connectivity index (χ0) is 15.2. The Kier molecular flexibility index (Phi) is 4.33. The van der Waals surface area contributed by atoms with Gasteiger partial charge >= 0.3 is 6.01 Å². The summed E-state index contributed by atoms with van der Waals surface area (Å²) in [7, 11) is 1.73. The van der Waals surface area contributed by atoms with Gasteiger partial charge in [-0.3, -0.25) is 0 Å². The second-order valence-electron chi connectivity index (χ2n) is 4.70. The van der Waals surface area contributed by atoms with Gasteiger partial charge in [-0.1, -0.05) is 5.16 Å². The van der Waals surface area contributed by atoms with Crippen LogP contribution < -0.4 is 10.1 Å². The van der Waals surface area contributed by atoms with Gasteiger partial charge in [-0.2, -0.15) is 4.98 Å². The lowest BCUT2D eigenvalue weighted by Crippen LogP contribution is -2.02. The van der Waals surface area contributed by atoms with Gasteiger partial charge in [-0.15, -0.1) is 0 Å². The molecule has 0 radical (unpaired) electrons. The highest BCUT2D eigenvalue weighted by molar-refractivity contribution is 5.56. The van der Waals surface area contributed by atoms with Gasteiger partial charge in [0.25, 0.3) is 0 Å². The fourth-order valence-corrected chi connectivity index (χ4v) is 2.00. The van der Waals surface area contributed by atoms with Crippen LogP contribution in [0.5, 0.6) is 5.75 Å². The molecule has 3 rings (SSSR count). The second-order valence-corrected chi connectivity index (χ2v) is 4.70. The van der Waals surface area contributed by atoms with Crippen molar-refractivity contribution in [3.63, 3.8) is 0 Å². The van der Waals surface area contributed by atoms with Crippen LogP contribution in [0.25, 0.3) is 11.4 Å². The third kappa shape index (κ3) is 3.43. The summed E-state index contributed by atoms with van der Waals surface area (Å²) in [6, 6.07) is 8.03. The molecule has 0 bridgehead atoms. The van der Waals surface area contributed by atoms with Gasteiger partial charge in [-0.05, 0) is 30.7 Å². The van der Waals surface area contributed by atoms with Gasteiger partial charge in [0.1, 0.15) is 5.75 Å². The summed E-state index contributed by atoms with van der Waals surface area (Å²) < 4.78 is 12.7. The van der Waals surface area contributed by atoms with Crippen molar-refractivity contribution in [3.8, 4) is 17.1 Å². The Labute approximate surface area is 127 Å². The summed E-state index contributed by atoms with van der Waals surface area (Å²) in [4.78, 5) is 8.20. The quantitative estimate of drug-likeness (QED) is 0.675. The molecule has 0 aliphatic heterocycles. The van der Waals surface area contributed by atoms with Gasteiger partial charge in [-0.25, -0.2) is 4.98 Å². The molecular weight excluding hydrogens is 282 g/mol. The van der Waals surface area contributed by atoms with Crippen LogP contribution in [0.2, 0.25) is 0 Å². The Morgan fingerprint density at radius 2 is 2.14 bits per heavy atom.